The average Bonchev–Trinajstić information content (AvgIpc) is 2.47. The van der Waals surface area contributed by atoms with Crippen molar-refractivity contribution in [1.82, 2.24) is 9.55 Å². The molecule has 1 aromatic carbocycles. The molecule has 3 nitrogen and oxygen atoms in total. The quantitative estimate of drug-likeness (QED) is 0.627. The molecule has 2 aromatic heterocycles. The summed E-state index contributed by atoms with van der Waals surface area (Å²) in [7, 11) is 0. The van der Waals surface area contributed by atoms with E-state index in [0.717, 1.165) is 12.1 Å². The molecule has 0 aliphatic rings. The lowest BCUT2D eigenvalue weighted by atomic mass is 10.0. The zero-order valence-corrected chi connectivity index (χ0v) is 13.4. The molecule has 0 saturated heterocycles. The molecule has 3 rings (SSSR count). The first kappa shape index (κ1) is 15.9. The molecule has 2 heterocycles. The maximum Gasteiger partial charge on any atom is 0.259 e. The number of hydrogen-bond donors (Lipinski definition) is 0. The lowest BCUT2D eigenvalue weighted by Gasteiger charge is -2.12. The molecule has 0 saturated carbocycles. The third-order valence-corrected chi connectivity index (χ3v) is 3.96. The maximum atomic E-state index is 14.2. The maximum absolute atomic E-state index is 14.2. The number of hydrogen-bond acceptors (Lipinski definition) is 2. The Balaban J connectivity index is 2.42. The van der Waals surface area contributed by atoms with Crippen LogP contribution in [0.25, 0.3) is 22.0 Å². The molecule has 23 heavy (non-hydrogen) atoms. The van der Waals surface area contributed by atoms with Gasteiger partial charge in [-0.15, -0.1) is 0 Å². The highest BCUT2D eigenvalue weighted by Crippen LogP contribution is 2.29. The van der Waals surface area contributed by atoms with Crippen LogP contribution in [-0.2, 0) is 6.54 Å². The lowest BCUT2D eigenvalue weighted by molar-refractivity contribution is 0.589. The Hall–Kier alpha value is -1.98. The number of pyridine rings is 2. The van der Waals surface area contributed by atoms with Crippen LogP contribution >= 0.6 is 23.2 Å². The first-order valence-electron chi connectivity index (χ1n) is 6.76. The van der Waals surface area contributed by atoms with Gasteiger partial charge < -0.3 is 4.57 Å². The zero-order valence-electron chi connectivity index (χ0n) is 11.9. The Bertz CT molecular complexity index is 963. The number of rotatable bonds is 2. The highest BCUT2D eigenvalue weighted by atomic mass is 35.5. The fourth-order valence-corrected chi connectivity index (χ4v) is 2.88. The normalized spacial score (nSPS) is 11.2. The number of aryl methyl sites for hydroxylation is 1. The Morgan fingerprint density at radius 3 is 2.39 bits per heavy atom. The molecule has 0 atom stereocenters. The van der Waals surface area contributed by atoms with Crippen LogP contribution < -0.4 is 5.56 Å². The van der Waals surface area contributed by atoms with E-state index in [9.17, 15) is 13.6 Å². The first-order valence-corrected chi connectivity index (χ1v) is 7.52. The van der Waals surface area contributed by atoms with Gasteiger partial charge in [0.2, 0.25) is 0 Å². The third kappa shape index (κ3) is 2.71. The van der Waals surface area contributed by atoms with Gasteiger partial charge in [0.1, 0.15) is 16.8 Å². The van der Waals surface area contributed by atoms with Gasteiger partial charge in [0.25, 0.3) is 5.56 Å². The fraction of sp³-hybridized carbons (Fsp3) is 0.125. The second-order valence-electron chi connectivity index (χ2n) is 4.92. The van der Waals surface area contributed by atoms with Crippen LogP contribution in [0.1, 0.15) is 6.92 Å². The summed E-state index contributed by atoms with van der Waals surface area (Å²) in [6.45, 7) is 2.08. The monoisotopic (exact) mass is 354 g/mol. The van der Waals surface area contributed by atoms with Gasteiger partial charge in [0.15, 0.2) is 0 Å². The molecule has 0 N–H and O–H groups in total. The molecule has 0 aliphatic carbocycles. The largest absolute Gasteiger partial charge is 0.308 e. The summed E-state index contributed by atoms with van der Waals surface area (Å²) < 4.78 is 29.7. The van der Waals surface area contributed by atoms with Crippen molar-refractivity contribution in [2.24, 2.45) is 0 Å². The minimum atomic E-state index is -0.893. The Kier molecular flexibility index (Phi) is 4.08. The van der Waals surface area contributed by atoms with Gasteiger partial charge in [-0.05, 0) is 31.2 Å². The van der Waals surface area contributed by atoms with Crippen molar-refractivity contribution in [3.8, 4) is 11.1 Å². The predicted molar refractivity (Wildman–Crippen MR) is 87.0 cm³/mol. The molecule has 0 unspecified atom stereocenters. The Labute approximate surface area is 140 Å². The lowest BCUT2D eigenvalue weighted by Crippen LogP contribution is -2.22. The van der Waals surface area contributed by atoms with E-state index in [4.69, 9.17) is 23.2 Å². The van der Waals surface area contributed by atoms with Crippen LogP contribution in [0, 0.1) is 11.6 Å². The van der Waals surface area contributed by atoms with E-state index in [2.05, 4.69) is 4.98 Å². The van der Waals surface area contributed by atoms with Gasteiger partial charge in [-0.25, -0.2) is 13.8 Å². The number of benzene rings is 1. The van der Waals surface area contributed by atoms with E-state index in [1.54, 1.807) is 13.0 Å². The van der Waals surface area contributed by atoms with Crippen LogP contribution in [0.4, 0.5) is 8.78 Å². The molecule has 0 aliphatic heterocycles. The van der Waals surface area contributed by atoms with E-state index in [-0.39, 0.29) is 15.7 Å². The Morgan fingerprint density at radius 1 is 1.13 bits per heavy atom. The standard InChI is InChI=1S/C16H10Cl2F2N2O/c1-2-22-13-6-14(18)21-7-8(13)3-10(16(22)23)15-11(19)4-9(17)5-12(15)20/h3-7H,2H2,1H3. The van der Waals surface area contributed by atoms with Gasteiger partial charge in [0, 0.05) is 23.2 Å². The third-order valence-electron chi connectivity index (χ3n) is 3.54. The molecular weight excluding hydrogens is 345 g/mol. The van der Waals surface area contributed by atoms with Gasteiger partial charge >= 0.3 is 0 Å². The van der Waals surface area contributed by atoms with E-state index in [1.165, 1.54) is 16.8 Å². The van der Waals surface area contributed by atoms with Gasteiger partial charge in [0.05, 0.1) is 16.6 Å². The second kappa shape index (κ2) is 5.91. The predicted octanol–water partition coefficient (Wildman–Crippen LogP) is 4.67. The van der Waals surface area contributed by atoms with Crippen LogP contribution in [0.2, 0.25) is 10.2 Å². The van der Waals surface area contributed by atoms with E-state index in [0.29, 0.717) is 17.4 Å². The summed E-state index contributed by atoms with van der Waals surface area (Å²) in [5.74, 6) is -1.79. The smallest absolute Gasteiger partial charge is 0.259 e. The summed E-state index contributed by atoms with van der Waals surface area (Å²) in [5.41, 5.74) is -0.452. The topological polar surface area (TPSA) is 34.9 Å². The van der Waals surface area contributed by atoms with Gasteiger partial charge in [-0.1, -0.05) is 23.2 Å². The number of fused-ring (bicyclic) bond motifs is 1. The minimum absolute atomic E-state index is 0.0752. The van der Waals surface area contributed by atoms with Crippen molar-refractivity contribution in [2.45, 2.75) is 13.5 Å². The van der Waals surface area contributed by atoms with Crippen LogP contribution in [0.3, 0.4) is 0 Å². The SMILES string of the molecule is CCn1c(=O)c(-c2c(F)cc(Cl)cc2F)cc2cnc(Cl)cc21. The molecule has 0 amide bonds. The van der Waals surface area contributed by atoms with Crippen LogP contribution in [0.5, 0.6) is 0 Å². The number of nitrogens with zero attached hydrogens (tertiary/aromatic N) is 2. The summed E-state index contributed by atoms with van der Waals surface area (Å²) in [4.78, 5) is 16.6. The van der Waals surface area contributed by atoms with Gasteiger partial charge in [-0.2, -0.15) is 0 Å². The van der Waals surface area contributed by atoms with Crippen LogP contribution in [-0.4, -0.2) is 9.55 Å². The highest BCUT2D eigenvalue weighted by Gasteiger charge is 2.18. The molecule has 0 bridgehead atoms. The Morgan fingerprint density at radius 2 is 1.78 bits per heavy atom. The molecule has 7 heteroatoms. The summed E-state index contributed by atoms with van der Waals surface area (Å²) >= 11 is 11.5. The fourth-order valence-electron chi connectivity index (χ4n) is 2.54. The van der Waals surface area contributed by atoms with E-state index >= 15 is 0 Å². The van der Waals surface area contributed by atoms with Crippen molar-refractivity contribution >= 4 is 34.1 Å². The molecule has 0 radical (unpaired) electrons. The average molecular weight is 355 g/mol. The van der Waals surface area contributed by atoms with Crippen molar-refractivity contribution in [3.63, 3.8) is 0 Å². The van der Waals surface area contributed by atoms with E-state index in [1.807, 2.05) is 0 Å². The number of halogens is 4. The van der Waals surface area contributed by atoms with E-state index < -0.39 is 22.8 Å². The molecule has 0 fully saturated rings. The van der Waals surface area contributed by atoms with Crippen molar-refractivity contribution in [2.75, 3.05) is 0 Å². The summed E-state index contributed by atoms with van der Waals surface area (Å²) in [5, 5.41) is 0.712. The molecule has 3 aromatic rings. The highest BCUT2D eigenvalue weighted by molar-refractivity contribution is 6.30. The van der Waals surface area contributed by atoms with Crippen molar-refractivity contribution in [3.05, 3.63) is 62.6 Å². The zero-order chi connectivity index (χ0) is 16.7. The van der Waals surface area contributed by atoms with Gasteiger partial charge in [-0.3, -0.25) is 4.79 Å². The van der Waals surface area contributed by atoms with Crippen LogP contribution in [0.15, 0.2) is 35.3 Å². The number of aromatic nitrogens is 2. The molecule has 0 spiro atoms. The molecular formula is C16H10Cl2F2N2O. The first-order chi connectivity index (χ1) is 10.9. The summed E-state index contributed by atoms with van der Waals surface area (Å²) in [6.07, 6.45) is 1.46. The molecule has 118 valence electrons. The van der Waals surface area contributed by atoms with Crippen molar-refractivity contribution in [1.29, 1.82) is 0 Å². The minimum Gasteiger partial charge on any atom is -0.308 e. The summed E-state index contributed by atoms with van der Waals surface area (Å²) in [6, 6.07) is 4.89. The second-order valence-corrected chi connectivity index (χ2v) is 5.74. The van der Waals surface area contributed by atoms with Crippen molar-refractivity contribution < 1.29 is 8.78 Å².